The lowest BCUT2D eigenvalue weighted by Gasteiger charge is -2.15. The maximum absolute atomic E-state index is 12.3. The second-order valence-electron chi connectivity index (χ2n) is 2.86. The predicted octanol–water partition coefficient (Wildman–Crippen LogP) is 1.14. The van der Waals surface area contributed by atoms with Gasteiger partial charge < -0.3 is 14.8 Å². The molecule has 1 N–H and O–H groups in total. The average Bonchev–Trinajstić information content (AvgIpc) is 2.16. The largest absolute Gasteiger partial charge is 0.383 e. The summed E-state index contributed by atoms with van der Waals surface area (Å²) in [4.78, 5) is 0. The van der Waals surface area contributed by atoms with Crippen molar-refractivity contribution in [2.75, 3.05) is 40.0 Å². The highest BCUT2D eigenvalue weighted by Crippen LogP contribution is 2.22. The third-order valence-electron chi connectivity index (χ3n) is 1.52. The van der Waals surface area contributed by atoms with E-state index in [0.29, 0.717) is 19.7 Å². The zero-order valence-electron chi connectivity index (χ0n) is 8.44. The molecule has 92 valence electrons. The van der Waals surface area contributed by atoms with Crippen molar-refractivity contribution in [3.8, 4) is 0 Å². The van der Waals surface area contributed by atoms with Crippen molar-refractivity contribution < 1.29 is 27.0 Å². The smallest absolute Gasteiger partial charge is 0.330 e. The number of nitrogens with one attached hydrogen (secondary N) is 1. The lowest BCUT2D eigenvalue weighted by molar-refractivity contribution is -0.165. The van der Waals surface area contributed by atoms with Gasteiger partial charge in [-0.05, 0) is 0 Å². The molecule has 0 aliphatic carbocycles. The first kappa shape index (κ1) is 14.6. The van der Waals surface area contributed by atoms with E-state index in [4.69, 9.17) is 4.74 Å². The first-order valence-corrected chi connectivity index (χ1v) is 4.44. The Bertz CT molecular complexity index is 158. The van der Waals surface area contributed by atoms with Gasteiger partial charge in [-0.1, -0.05) is 0 Å². The summed E-state index contributed by atoms with van der Waals surface area (Å²) in [5.74, 6) is -4.06. The first-order valence-electron chi connectivity index (χ1n) is 4.44. The molecule has 0 spiro atoms. The van der Waals surface area contributed by atoms with Crippen molar-refractivity contribution in [1.82, 2.24) is 5.32 Å². The quantitative estimate of drug-likeness (QED) is 0.478. The van der Waals surface area contributed by atoms with Crippen molar-refractivity contribution in [2.24, 2.45) is 0 Å². The molecule has 0 aliphatic rings. The van der Waals surface area contributed by atoms with Crippen LogP contribution in [-0.2, 0) is 9.47 Å². The van der Waals surface area contributed by atoms with Gasteiger partial charge in [-0.2, -0.15) is 8.78 Å². The molecule has 0 amide bonds. The van der Waals surface area contributed by atoms with Crippen molar-refractivity contribution in [3.05, 3.63) is 0 Å². The van der Waals surface area contributed by atoms with Crippen LogP contribution < -0.4 is 5.32 Å². The van der Waals surface area contributed by atoms with E-state index in [0.717, 1.165) is 0 Å². The highest BCUT2D eigenvalue weighted by atomic mass is 19.3. The van der Waals surface area contributed by atoms with E-state index in [1.54, 1.807) is 0 Å². The van der Waals surface area contributed by atoms with Crippen LogP contribution >= 0.6 is 0 Å². The second kappa shape index (κ2) is 7.84. The van der Waals surface area contributed by atoms with Crippen molar-refractivity contribution in [3.63, 3.8) is 0 Å². The molecular formula is C8H15F4NO2. The van der Waals surface area contributed by atoms with Crippen LogP contribution in [0.15, 0.2) is 0 Å². The molecule has 0 unspecified atom stereocenters. The fraction of sp³-hybridized carbons (Fsp3) is 1.00. The molecule has 7 heteroatoms. The van der Waals surface area contributed by atoms with Crippen molar-refractivity contribution in [1.29, 1.82) is 0 Å². The third-order valence-corrected chi connectivity index (χ3v) is 1.52. The van der Waals surface area contributed by atoms with E-state index >= 15 is 0 Å². The fourth-order valence-electron chi connectivity index (χ4n) is 0.715. The summed E-state index contributed by atoms with van der Waals surface area (Å²) in [5.41, 5.74) is 0. The Labute approximate surface area is 85.7 Å². The van der Waals surface area contributed by atoms with E-state index in [1.165, 1.54) is 7.11 Å². The summed E-state index contributed by atoms with van der Waals surface area (Å²) in [6.45, 7) is 0.0869. The van der Waals surface area contributed by atoms with Gasteiger partial charge in [0.25, 0.3) is 0 Å². The maximum Gasteiger partial charge on any atom is 0.330 e. The molecule has 0 aromatic heterocycles. The third kappa shape index (κ3) is 7.52. The summed E-state index contributed by atoms with van der Waals surface area (Å²) >= 11 is 0. The molecule has 0 heterocycles. The Morgan fingerprint density at radius 2 is 1.80 bits per heavy atom. The summed E-state index contributed by atoms with van der Waals surface area (Å²) in [5, 5.41) is 2.82. The number of rotatable bonds is 9. The topological polar surface area (TPSA) is 30.5 Å². The SMILES string of the molecule is COCCNCCOCC(F)(F)C(F)F. The van der Waals surface area contributed by atoms with Gasteiger partial charge in [-0.15, -0.1) is 0 Å². The number of halogens is 4. The van der Waals surface area contributed by atoms with Gasteiger partial charge >= 0.3 is 12.3 Å². The summed E-state index contributed by atoms with van der Waals surface area (Å²) in [6.07, 6.45) is -3.68. The molecule has 3 nitrogen and oxygen atoms in total. The maximum atomic E-state index is 12.3. The molecule has 0 radical (unpaired) electrons. The van der Waals surface area contributed by atoms with Crippen molar-refractivity contribution in [2.45, 2.75) is 12.3 Å². The zero-order chi connectivity index (χ0) is 11.7. The van der Waals surface area contributed by atoms with Crippen LogP contribution in [-0.4, -0.2) is 52.4 Å². The van der Waals surface area contributed by atoms with Gasteiger partial charge in [0, 0.05) is 20.2 Å². The molecule has 0 aliphatic heterocycles. The second-order valence-corrected chi connectivity index (χ2v) is 2.86. The van der Waals surface area contributed by atoms with Crippen molar-refractivity contribution >= 4 is 0 Å². The molecule has 0 aromatic rings. The highest BCUT2D eigenvalue weighted by Gasteiger charge is 2.40. The normalized spacial score (nSPS) is 12.4. The molecule has 0 saturated heterocycles. The number of alkyl halides is 4. The van der Waals surface area contributed by atoms with Crippen LogP contribution in [0.4, 0.5) is 17.6 Å². The van der Waals surface area contributed by atoms with Crippen LogP contribution in [0.3, 0.4) is 0 Å². The Morgan fingerprint density at radius 1 is 1.20 bits per heavy atom. The number of ether oxygens (including phenoxy) is 2. The highest BCUT2D eigenvalue weighted by molar-refractivity contribution is 4.67. The Hall–Kier alpha value is -0.400. The molecule has 0 fully saturated rings. The molecule has 0 bridgehead atoms. The van der Waals surface area contributed by atoms with Crippen LogP contribution in [0.2, 0.25) is 0 Å². The zero-order valence-corrected chi connectivity index (χ0v) is 8.44. The van der Waals surface area contributed by atoms with E-state index in [-0.39, 0.29) is 6.61 Å². The van der Waals surface area contributed by atoms with Crippen LogP contribution in [0.1, 0.15) is 0 Å². The number of hydrogen-bond donors (Lipinski definition) is 1. The minimum atomic E-state index is -4.06. The molecule has 0 aromatic carbocycles. The number of methoxy groups -OCH3 is 1. The summed E-state index contributed by atoms with van der Waals surface area (Å²) < 4.78 is 56.9. The lowest BCUT2D eigenvalue weighted by Crippen LogP contribution is -2.33. The number of hydrogen-bond acceptors (Lipinski definition) is 3. The Kier molecular flexibility index (Phi) is 7.63. The minimum Gasteiger partial charge on any atom is -0.383 e. The van der Waals surface area contributed by atoms with Gasteiger partial charge in [0.1, 0.15) is 6.61 Å². The molecule has 15 heavy (non-hydrogen) atoms. The Balaban J connectivity index is 3.31. The van der Waals surface area contributed by atoms with Gasteiger partial charge in [0.2, 0.25) is 0 Å². The average molecular weight is 233 g/mol. The van der Waals surface area contributed by atoms with Gasteiger partial charge in [0.15, 0.2) is 0 Å². The molecule has 0 atom stereocenters. The predicted molar refractivity (Wildman–Crippen MR) is 46.5 cm³/mol. The van der Waals surface area contributed by atoms with Crippen LogP contribution in [0.25, 0.3) is 0 Å². The van der Waals surface area contributed by atoms with Gasteiger partial charge in [-0.25, -0.2) is 8.78 Å². The molecule has 0 rings (SSSR count). The van der Waals surface area contributed by atoms with Gasteiger partial charge in [0.05, 0.1) is 13.2 Å². The summed E-state index contributed by atoms with van der Waals surface area (Å²) in [6, 6.07) is 0. The molecular weight excluding hydrogens is 218 g/mol. The van der Waals surface area contributed by atoms with E-state index in [1.807, 2.05) is 0 Å². The Morgan fingerprint density at radius 3 is 2.33 bits per heavy atom. The van der Waals surface area contributed by atoms with E-state index < -0.39 is 19.0 Å². The lowest BCUT2D eigenvalue weighted by atomic mass is 10.4. The van der Waals surface area contributed by atoms with Gasteiger partial charge in [-0.3, -0.25) is 0 Å². The summed E-state index contributed by atoms with van der Waals surface area (Å²) in [7, 11) is 1.53. The van der Waals surface area contributed by atoms with Crippen LogP contribution in [0, 0.1) is 0 Å². The first-order chi connectivity index (χ1) is 7.00. The standard InChI is InChI=1S/C8H15F4NO2/c1-14-4-2-13-3-5-15-6-8(11,12)7(9)10/h7,13H,2-6H2,1H3. The van der Waals surface area contributed by atoms with E-state index in [9.17, 15) is 17.6 Å². The molecule has 0 saturated carbocycles. The fourth-order valence-corrected chi connectivity index (χ4v) is 0.715. The van der Waals surface area contributed by atoms with Crippen LogP contribution in [0.5, 0.6) is 0 Å². The monoisotopic (exact) mass is 233 g/mol. The minimum absolute atomic E-state index is 0.0357. The van der Waals surface area contributed by atoms with E-state index in [2.05, 4.69) is 10.1 Å².